The number of ether oxygens (including phenoxy) is 2. The number of hydrogen-bond acceptors (Lipinski definition) is 3. The molecule has 0 aliphatic carbocycles. The highest BCUT2D eigenvalue weighted by atomic mass is 16.6. The second-order valence-corrected chi connectivity index (χ2v) is 5.83. The predicted octanol–water partition coefficient (Wildman–Crippen LogP) is 4.36. The molecule has 0 aliphatic heterocycles. The van der Waals surface area contributed by atoms with Crippen LogP contribution >= 0.6 is 0 Å². The Balaban J connectivity index is 2.03. The molecule has 0 saturated heterocycles. The Labute approximate surface area is 125 Å². The highest BCUT2D eigenvalue weighted by molar-refractivity contribution is 5.73. The van der Waals surface area contributed by atoms with E-state index in [1.54, 1.807) is 0 Å². The first-order chi connectivity index (χ1) is 9.92. The van der Waals surface area contributed by atoms with Crippen LogP contribution in [0.15, 0.2) is 54.6 Å². The van der Waals surface area contributed by atoms with Crippen molar-refractivity contribution >= 4 is 5.97 Å². The van der Waals surface area contributed by atoms with Crippen LogP contribution in [0.3, 0.4) is 0 Å². The molecule has 0 bridgehead atoms. The first-order valence-corrected chi connectivity index (χ1v) is 6.96. The van der Waals surface area contributed by atoms with Gasteiger partial charge in [0.05, 0.1) is 6.42 Å². The summed E-state index contributed by atoms with van der Waals surface area (Å²) < 4.78 is 11.1. The van der Waals surface area contributed by atoms with Crippen LogP contribution in [0.5, 0.6) is 11.5 Å². The zero-order chi connectivity index (χ0) is 15.3. The number of esters is 1. The lowest BCUT2D eigenvalue weighted by Gasteiger charge is -2.19. The van der Waals surface area contributed by atoms with Crippen molar-refractivity contribution in [3.63, 3.8) is 0 Å². The van der Waals surface area contributed by atoms with Gasteiger partial charge in [0.1, 0.15) is 17.1 Å². The number of carbonyl (C=O) groups excluding carboxylic acids is 1. The number of hydrogen-bond donors (Lipinski definition) is 0. The van der Waals surface area contributed by atoms with Gasteiger partial charge in [-0.15, -0.1) is 0 Å². The fourth-order valence-electron chi connectivity index (χ4n) is 1.89. The molecule has 0 aliphatic rings. The van der Waals surface area contributed by atoms with Crippen LogP contribution in [0.25, 0.3) is 0 Å². The van der Waals surface area contributed by atoms with Gasteiger partial charge in [-0.1, -0.05) is 30.3 Å². The van der Waals surface area contributed by atoms with Crippen molar-refractivity contribution in [1.82, 2.24) is 0 Å². The fraction of sp³-hybridized carbons (Fsp3) is 0.278. The minimum atomic E-state index is -0.463. The third-order valence-electron chi connectivity index (χ3n) is 2.65. The molecule has 0 amide bonds. The summed E-state index contributed by atoms with van der Waals surface area (Å²) in [4.78, 5) is 11.8. The van der Waals surface area contributed by atoms with E-state index < -0.39 is 5.60 Å². The predicted molar refractivity (Wildman–Crippen MR) is 82.5 cm³/mol. The van der Waals surface area contributed by atoms with Crippen molar-refractivity contribution in [3.8, 4) is 11.5 Å². The zero-order valence-corrected chi connectivity index (χ0v) is 12.6. The summed E-state index contributed by atoms with van der Waals surface area (Å²) in [6.07, 6.45) is 0.239. The molecule has 2 rings (SSSR count). The molecule has 0 aromatic heterocycles. The van der Waals surface area contributed by atoms with Gasteiger partial charge in [-0.2, -0.15) is 0 Å². The Kier molecular flexibility index (Phi) is 4.63. The molecule has 0 fully saturated rings. The van der Waals surface area contributed by atoms with E-state index >= 15 is 0 Å². The smallest absolute Gasteiger partial charge is 0.310 e. The molecule has 0 saturated carbocycles. The van der Waals surface area contributed by atoms with Crippen molar-refractivity contribution in [2.75, 3.05) is 0 Å². The normalized spacial score (nSPS) is 11.0. The largest absolute Gasteiger partial charge is 0.460 e. The van der Waals surface area contributed by atoms with Crippen LogP contribution in [0, 0.1) is 0 Å². The highest BCUT2D eigenvalue weighted by Gasteiger charge is 2.16. The Morgan fingerprint density at radius 1 is 0.952 bits per heavy atom. The highest BCUT2D eigenvalue weighted by Crippen LogP contribution is 2.22. The van der Waals surface area contributed by atoms with E-state index in [1.165, 1.54) is 0 Å². The lowest BCUT2D eigenvalue weighted by atomic mass is 10.1. The summed E-state index contributed by atoms with van der Waals surface area (Å²) in [6.45, 7) is 5.58. The molecule has 0 N–H and O–H groups in total. The summed E-state index contributed by atoms with van der Waals surface area (Å²) in [5, 5.41) is 0. The molecule has 0 unspecified atom stereocenters. The van der Waals surface area contributed by atoms with Crippen molar-refractivity contribution < 1.29 is 14.3 Å². The maximum atomic E-state index is 11.8. The fourth-order valence-corrected chi connectivity index (χ4v) is 1.89. The molecular weight excluding hydrogens is 264 g/mol. The zero-order valence-electron chi connectivity index (χ0n) is 12.6. The summed E-state index contributed by atoms with van der Waals surface area (Å²) in [5.74, 6) is 1.24. The molecule has 0 radical (unpaired) electrons. The SMILES string of the molecule is CC(C)(C)OC(=O)Cc1cccc(Oc2ccccc2)c1. The number of para-hydroxylation sites is 1. The topological polar surface area (TPSA) is 35.5 Å². The minimum Gasteiger partial charge on any atom is -0.460 e. The molecule has 110 valence electrons. The van der Waals surface area contributed by atoms with Gasteiger partial charge in [0.2, 0.25) is 0 Å². The summed E-state index contributed by atoms with van der Waals surface area (Å²) in [6, 6.07) is 17.0. The number of rotatable bonds is 4. The van der Waals surface area contributed by atoms with Crippen molar-refractivity contribution in [3.05, 3.63) is 60.2 Å². The van der Waals surface area contributed by atoms with Gasteiger partial charge in [-0.25, -0.2) is 0 Å². The molecule has 3 nitrogen and oxygen atoms in total. The van der Waals surface area contributed by atoms with Crippen molar-refractivity contribution in [1.29, 1.82) is 0 Å². The summed E-state index contributed by atoms with van der Waals surface area (Å²) in [5.41, 5.74) is 0.410. The van der Waals surface area contributed by atoms with E-state index in [0.29, 0.717) is 5.75 Å². The number of carbonyl (C=O) groups is 1. The Bertz CT molecular complexity index is 597. The quantitative estimate of drug-likeness (QED) is 0.782. The number of benzene rings is 2. The first kappa shape index (κ1) is 15.1. The maximum Gasteiger partial charge on any atom is 0.310 e. The van der Waals surface area contributed by atoms with Crippen molar-refractivity contribution in [2.45, 2.75) is 32.8 Å². The van der Waals surface area contributed by atoms with Gasteiger partial charge in [-0.3, -0.25) is 4.79 Å². The van der Waals surface area contributed by atoms with E-state index in [4.69, 9.17) is 9.47 Å². The monoisotopic (exact) mass is 284 g/mol. The van der Waals surface area contributed by atoms with Crippen LogP contribution in [-0.2, 0) is 16.0 Å². The Hall–Kier alpha value is -2.29. The molecule has 2 aromatic carbocycles. The maximum absolute atomic E-state index is 11.8. The molecule has 3 heteroatoms. The van der Waals surface area contributed by atoms with Gasteiger partial charge < -0.3 is 9.47 Å². The second-order valence-electron chi connectivity index (χ2n) is 5.83. The third-order valence-corrected chi connectivity index (χ3v) is 2.65. The van der Waals surface area contributed by atoms with E-state index in [2.05, 4.69) is 0 Å². The minimum absolute atomic E-state index is 0.237. The lowest BCUT2D eigenvalue weighted by molar-refractivity contribution is -0.153. The van der Waals surface area contributed by atoms with Gasteiger partial charge >= 0.3 is 5.97 Å². The summed E-state index contributed by atoms with van der Waals surface area (Å²) >= 11 is 0. The standard InChI is InChI=1S/C18H20O3/c1-18(2,3)21-17(19)13-14-8-7-11-16(12-14)20-15-9-5-4-6-10-15/h4-12H,13H2,1-3H3. The molecule has 21 heavy (non-hydrogen) atoms. The van der Waals surface area contributed by atoms with Gasteiger partial charge in [0, 0.05) is 0 Å². The average molecular weight is 284 g/mol. The first-order valence-electron chi connectivity index (χ1n) is 6.96. The molecule has 2 aromatic rings. The van der Waals surface area contributed by atoms with Crippen LogP contribution in [0.2, 0.25) is 0 Å². The molecule has 0 heterocycles. The second kappa shape index (κ2) is 6.44. The van der Waals surface area contributed by atoms with Crippen molar-refractivity contribution in [2.24, 2.45) is 0 Å². The molecule has 0 atom stereocenters. The third kappa shape index (κ3) is 5.30. The van der Waals surface area contributed by atoms with Crippen LogP contribution in [-0.4, -0.2) is 11.6 Å². The Morgan fingerprint density at radius 2 is 1.62 bits per heavy atom. The van der Waals surface area contributed by atoms with Gasteiger partial charge in [0.15, 0.2) is 0 Å². The van der Waals surface area contributed by atoms with Crippen LogP contribution < -0.4 is 4.74 Å². The molecule has 0 spiro atoms. The van der Waals surface area contributed by atoms with Gasteiger partial charge in [0.25, 0.3) is 0 Å². The average Bonchev–Trinajstić information content (AvgIpc) is 2.38. The van der Waals surface area contributed by atoms with Crippen LogP contribution in [0.4, 0.5) is 0 Å². The Morgan fingerprint density at radius 3 is 2.29 bits per heavy atom. The van der Waals surface area contributed by atoms with E-state index in [1.807, 2.05) is 75.4 Å². The van der Waals surface area contributed by atoms with E-state index in [0.717, 1.165) is 11.3 Å². The summed E-state index contributed by atoms with van der Waals surface area (Å²) in [7, 11) is 0. The van der Waals surface area contributed by atoms with Crippen LogP contribution in [0.1, 0.15) is 26.3 Å². The lowest BCUT2D eigenvalue weighted by Crippen LogP contribution is -2.24. The van der Waals surface area contributed by atoms with Gasteiger partial charge in [-0.05, 0) is 50.6 Å². The molecular formula is C18H20O3. The van der Waals surface area contributed by atoms with E-state index in [-0.39, 0.29) is 12.4 Å². The van der Waals surface area contributed by atoms with E-state index in [9.17, 15) is 4.79 Å².